The van der Waals surface area contributed by atoms with Crippen molar-refractivity contribution < 1.29 is 23.1 Å². The molecule has 0 saturated carbocycles. The fourth-order valence-corrected chi connectivity index (χ4v) is 0.496. The minimum absolute atomic E-state index is 0.971. The van der Waals surface area contributed by atoms with Gasteiger partial charge in [0.25, 0.3) is 0 Å². The Balaban J connectivity index is 4.36. The van der Waals surface area contributed by atoms with Gasteiger partial charge in [0, 0.05) is 0 Å². The van der Waals surface area contributed by atoms with E-state index in [0.717, 1.165) is 5.32 Å². The molecule has 0 aromatic heterocycles. The van der Waals surface area contributed by atoms with Crippen molar-refractivity contribution in [3.8, 4) is 0 Å². The maximum Gasteiger partial charge on any atom is 0.410 e. The molecule has 0 aliphatic rings. The number of carbonyl (C=O) groups excluding carboxylic acids is 1. The van der Waals surface area contributed by atoms with Crippen LogP contribution < -0.4 is 15.3 Å². The van der Waals surface area contributed by atoms with E-state index in [1.807, 2.05) is 0 Å². The number of amides is 1. The number of nitrogens with zero attached hydrogens (tertiary/aromatic N) is 2. The summed E-state index contributed by atoms with van der Waals surface area (Å²) < 4.78 is 35.7. The number of hydrogen-bond acceptors (Lipinski definition) is 4. The van der Waals surface area contributed by atoms with Crippen molar-refractivity contribution in [1.82, 2.24) is 10.2 Å². The zero-order chi connectivity index (χ0) is 10.5. The van der Waals surface area contributed by atoms with E-state index in [4.69, 9.17) is 5.53 Å². The molecule has 0 aliphatic heterocycles. The highest BCUT2D eigenvalue weighted by molar-refractivity contribution is 5.62. The fourth-order valence-electron chi connectivity index (χ4n) is 0.496. The molecule has 74 valence electrons. The Morgan fingerprint density at radius 3 is 2.54 bits per heavy atom. The van der Waals surface area contributed by atoms with Crippen LogP contribution in [0.2, 0.25) is 0 Å². The van der Waals surface area contributed by atoms with Crippen LogP contribution in [0.3, 0.4) is 0 Å². The second-order valence-electron chi connectivity index (χ2n) is 1.95. The lowest BCUT2D eigenvalue weighted by atomic mass is 10.3. The van der Waals surface area contributed by atoms with Gasteiger partial charge in [0.15, 0.2) is 12.6 Å². The minimum Gasteiger partial charge on any atom is -0.530 e. The smallest absolute Gasteiger partial charge is 0.410 e. The zero-order valence-electron chi connectivity index (χ0n) is 6.13. The second kappa shape index (κ2) is 4.41. The zero-order valence-corrected chi connectivity index (χ0v) is 6.13. The predicted octanol–water partition coefficient (Wildman–Crippen LogP) is -0.599. The van der Waals surface area contributed by atoms with Gasteiger partial charge in [0.05, 0.1) is 0 Å². The minimum atomic E-state index is -4.77. The van der Waals surface area contributed by atoms with Crippen LogP contribution in [0.25, 0.3) is 0 Å². The molecule has 0 radical (unpaired) electrons. The van der Waals surface area contributed by atoms with Crippen LogP contribution in [0.4, 0.5) is 18.0 Å². The highest BCUT2D eigenvalue weighted by Crippen LogP contribution is 2.19. The second-order valence-corrected chi connectivity index (χ2v) is 1.95. The molecule has 0 aromatic rings. The highest BCUT2D eigenvalue weighted by atomic mass is 19.4. The predicted molar refractivity (Wildman–Crippen MR) is 30.5 cm³/mol. The first-order valence-corrected chi connectivity index (χ1v) is 2.95. The molecule has 0 aliphatic carbocycles. The van der Waals surface area contributed by atoms with E-state index < -0.39 is 24.9 Å². The van der Waals surface area contributed by atoms with Crippen LogP contribution in [0, 0.1) is 5.53 Å². The summed E-state index contributed by atoms with van der Waals surface area (Å²) in [5.41, 5.74) is 6.08. The number of nitrogens with one attached hydrogen (secondary N) is 2. The van der Waals surface area contributed by atoms with E-state index in [9.17, 15) is 23.1 Å². The quantitative estimate of drug-likeness (QED) is 0.467. The molecule has 1 amide bonds. The van der Waals surface area contributed by atoms with E-state index in [1.165, 1.54) is 0 Å². The molecule has 9 heteroatoms. The first kappa shape index (κ1) is 11.4. The Labute approximate surface area is 70.0 Å². The lowest BCUT2D eigenvalue weighted by Gasteiger charge is -2.18. The number of rotatable bonds is 3. The molecule has 13 heavy (non-hydrogen) atoms. The van der Waals surface area contributed by atoms with Crippen LogP contribution in [-0.4, -0.2) is 24.9 Å². The number of carboxylic acid groups (broad SMARTS) is 1. The third-order valence-electron chi connectivity index (χ3n) is 1.02. The fraction of sp³-hybridized carbons (Fsp3) is 0.750. The Kier molecular flexibility index (Phi) is 3.86. The Bertz CT molecular complexity index is 230. The average Bonchev–Trinajstić information content (AvgIpc) is 1.95. The lowest BCUT2D eigenvalue weighted by molar-refractivity contribution is -0.256. The monoisotopic (exact) mass is 198 g/mol. The van der Waals surface area contributed by atoms with Gasteiger partial charge in [-0.15, -0.1) is 0 Å². The summed E-state index contributed by atoms with van der Waals surface area (Å²) in [7, 11) is 0. The SMILES string of the molecule is N=[N+]=NCC(NC(=O)[O-])C(F)(F)F. The van der Waals surface area contributed by atoms with E-state index in [2.05, 4.69) is 10.0 Å². The molecule has 0 bridgehead atoms. The summed E-state index contributed by atoms with van der Waals surface area (Å²) in [6.07, 6.45) is -6.82. The van der Waals surface area contributed by atoms with Crippen LogP contribution in [0.15, 0.2) is 5.11 Å². The van der Waals surface area contributed by atoms with Gasteiger partial charge in [0.2, 0.25) is 4.91 Å². The molecule has 0 saturated heterocycles. The van der Waals surface area contributed by atoms with Crippen LogP contribution >= 0.6 is 0 Å². The molecule has 6 nitrogen and oxygen atoms in total. The highest BCUT2D eigenvalue weighted by Gasteiger charge is 2.40. The number of hydrogen-bond donors (Lipinski definition) is 2. The van der Waals surface area contributed by atoms with Gasteiger partial charge in [-0.25, -0.2) is 0 Å². The molecule has 1 unspecified atom stereocenters. The van der Waals surface area contributed by atoms with E-state index in [0.29, 0.717) is 0 Å². The van der Waals surface area contributed by atoms with Crippen molar-refractivity contribution in [2.24, 2.45) is 5.11 Å². The standard InChI is InChI=1S/C4H5F3N4O2/c5-4(6,7)2(1-9-11-8)10-3(12)13/h2,8,10H,1H2. The van der Waals surface area contributed by atoms with Crippen LogP contribution in [-0.2, 0) is 0 Å². The first-order valence-electron chi connectivity index (χ1n) is 2.95. The van der Waals surface area contributed by atoms with Crippen molar-refractivity contribution >= 4 is 6.09 Å². The van der Waals surface area contributed by atoms with Gasteiger partial charge >= 0.3 is 6.18 Å². The largest absolute Gasteiger partial charge is 0.530 e. The summed E-state index contributed by atoms with van der Waals surface area (Å²) in [5, 5.41) is 13.6. The Morgan fingerprint density at radius 1 is 1.69 bits per heavy atom. The van der Waals surface area contributed by atoms with Gasteiger partial charge < -0.3 is 15.2 Å². The van der Waals surface area contributed by atoms with E-state index in [1.54, 1.807) is 0 Å². The third-order valence-corrected chi connectivity index (χ3v) is 1.02. The van der Waals surface area contributed by atoms with Crippen molar-refractivity contribution in [3.05, 3.63) is 0 Å². The van der Waals surface area contributed by atoms with Crippen molar-refractivity contribution in [2.75, 3.05) is 6.54 Å². The maximum atomic E-state index is 11.9. The van der Waals surface area contributed by atoms with Crippen molar-refractivity contribution in [2.45, 2.75) is 12.2 Å². The molecule has 1 atom stereocenters. The first-order chi connectivity index (χ1) is 5.88. The van der Waals surface area contributed by atoms with Gasteiger partial charge in [-0.05, 0) is 0 Å². The number of halogens is 3. The summed E-state index contributed by atoms with van der Waals surface area (Å²) in [5.74, 6) is 0. The molecule has 0 rings (SSSR count). The number of carbonyl (C=O) groups is 1. The third kappa shape index (κ3) is 4.75. The van der Waals surface area contributed by atoms with Crippen molar-refractivity contribution in [3.63, 3.8) is 0 Å². The lowest BCUT2D eigenvalue weighted by Crippen LogP contribution is -2.51. The van der Waals surface area contributed by atoms with Gasteiger partial charge in [-0.1, -0.05) is 0 Å². The summed E-state index contributed by atoms with van der Waals surface area (Å²) >= 11 is 0. The van der Waals surface area contributed by atoms with Crippen LogP contribution in [0.1, 0.15) is 0 Å². The molecule has 0 fully saturated rings. The topological polar surface area (TPSA) is 102 Å². The summed E-state index contributed by atoms with van der Waals surface area (Å²) in [6, 6.07) is -2.38. The Morgan fingerprint density at radius 2 is 2.23 bits per heavy atom. The Hall–Kier alpha value is -1.63. The summed E-state index contributed by atoms with van der Waals surface area (Å²) in [4.78, 5) is 12.1. The normalized spacial score (nSPS) is 12.8. The van der Waals surface area contributed by atoms with E-state index in [-0.39, 0.29) is 0 Å². The average molecular weight is 198 g/mol. The van der Waals surface area contributed by atoms with Gasteiger partial charge in [0.1, 0.15) is 16.7 Å². The molecule has 2 N–H and O–H groups in total. The molecular formula is C4H5F3N4O2. The summed E-state index contributed by atoms with van der Waals surface area (Å²) in [6.45, 7) is -0.971. The van der Waals surface area contributed by atoms with E-state index >= 15 is 0 Å². The number of alkyl halides is 3. The molecule has 0 heterocycles. The molecule has 0 spiro atoms. The maximum absolute atomic E-state index is 11.9. The van der Waals surface area contributed by atoms with Gasteiger partial charge in [-0.2, -0.15) is 13.2 Å². The van der Waals surface area contributed by atoms with Crippen LogP contribution in [0.5, 0.6) is 0 Å². The van der Waals surface area contributed by atoms with Gasteiger partial charge in [-0.3, -0.25) is 0 Å². The van der Waals surface area contributed by atoms with Crippen molar-refractivity contribution in [1.29, 1.82) is 5.53 Å². The molecular weight excluding hydrogens is 193 g/mol. The molecule has 0 aromatic carbocycles.